The van der Waals surface area contributed by atoms with Crippen LogP contribution in [0.3, 0.4) is 0 Å². The van der Waals surface area contributed by atoms with Gasteiger partial charge >= 0.3 is 0 Å². The van der Waals surface area contributed by atoms with Gasteiger partial charge in [-0.25, -0.2) is 0 Å². The molecule has 0 radical (unpaired) electrons. The molecule has 0 fully saturated rings. The molecule has 1 amide bonds. The van der Waals surface area contributed by atoms with Crippen molar-refractivity contribution in [3.8, 4) is 0 Å². The van der Waals surface area contributed by atoms with E-state index in [1.165, 1.54) is 57.8 Å². The van der Waals surface area contributed by atoms with Crippen molar-refractivity contribution in [2.75, 3.05) is 6.54 Å². The Morgan fingerprint density at radius 3 is 2.13 bits per heavy atom. The van der Waals surface area contributed by atoms with Gasteiger partial charge in [-0.1, -0.05) is 64.7 Å². The number of carbonyl (C=O) groups is 1. The summed E-state index contributed by atoms with van der Waals surface area (Å²) in [6.07, 6.45) is 14.5. The van der Waals surface area contributed by atoms with E-state index in [0.717, 1.165) is 24.5 Å². The lowest BCUT2D eigenvalue weighted by Gasteiger charge is -2.05. The van der Waals surface area contributed by atoms with E-state index in [4.69, 9.17) is 4.42 Å². The molecule has 1 aromatic heterocycles. The fraction of sp³-hybridized carbons (Fsp3) is 0.750. The van der Waals surface area contributed by atoms with Gasteiger partial charge in [-0.2, -0.15) is 0 Å². The van der Waals surface area contributed by atoms with Crippen LogP contribution in [0, 0.1) is 6.92 Å². The minimum Gasteiger partial charge on any atom is -0.466 e. The Morgan fingerprint density at radius 2 is 1.57 bits per heavy atom. The molecule has 1 aromatic rings. The second-order valence-corrected chi connectivity index (χ2v) is 6.54. The first-order valence-electron chi connectivity index (χ1n) is 9.54. The van der Waals surface area contributed by atoms with Crippen LogP contribution >= 0.6 is 0 Å². The van der Waals surface area contributed by atoms with Crippen LogP contribution < -0.4 is 5.32 Å². The van der Waals surface area contributed by atoms with Gasteiger partial charge in [0.15, 0.2) is 0 Å². The van der Waals surface area contributed by atoms with Gasteiger partial charge < -0.3 is 9.73 Å². The predicted molar refractivity (Wildman–Crippen MR) is 96.6 cm³/mol. The summed E-state index contributed by atoms with van der Waals surface area (Å²) >= 11 is 0. The summed E-state index contributed by atoms with van der Waals surface area (Å²) in [5, 5.41) is 3.00. The molecule has 23 heavy (non-hydrogen) atoms. The van der Waals surface area contributed by atoms with Crippen molar-refractivity contribution in [1.82, 2.24) is 5.32 Å². The van der Waals surface area contributed by atoms with Crippen LogP contribution in [0.5, 0.6) is 0 Å². The highest BCUT2D eigenvalue weighted by molar-refractivity contribution is 5.75. The SMILES string of the molecule is CCCCCCCCCCCCNC(=O)CCc1ccc(C)o1. The number of unbranched alkanes of at least 4 members (excludes halogenated alkanes) is 9. The quantitative estimate of drug-likeness (QED) is 0.456. The topological polar surface area (TPSA) is 42.2 Å². The van der Waals surface area contributed by atoms with Crippen LogP contribution in [0.4, 0.5) is 0 Å². The Bertz CT molecular complexity index is 412. The van der Waals surface area contributed by atoms with Crippen molar-refractivity contribution in [2.45, 2.75) is 90.9 Å². The molecule has 1 heterocycles. The number of nitrogens with one attached hydrogen (secondary N) is 1. The lowest BCUT2D eigenvalue weighted by molar-refractivity contribution is -0.121. The first-order valence-corrected chi connectivity index (χ1v) is 9.54. The second kappa shape index (κ2) is 13.2. The van der Waals surface area contributed by atoms with E-state index in [-0.39, 0.29) is 5.91 Å². The zero-order chi connectivity index (χ0) is 16.8. The summed E-state index contributed by atoms with van der Waals surface area (Å²) in [6, 6.07) is 3.89. The Hall–Kier alpha value is -1.25. The fourth-order valence-electron chi connectivity index (χ4n) is 2.78. The minimum absolute atomic E-state index is 0.134. The summed E-state index contributed by atoms with van der Waals surface area (Å²) in [7, 11) is 0. The number of aryl methyl sites for hydroxylation is 2. The average molecular weight is 322 g/mol. The van der Waals surface area contributed by atoms with Crippen molar-refractivity contribution >= 4 is 5.91 Å². The molecule has 0 saturated carbocycles. The monoisotopic (exact) mass is 321 g/mol. The number of hydrogen-bond donors (Lipinski definition) is 1. The molecule has 0 aliphatic rings. The zero-order valence-corrected chi connectivity index (χ0v) is 15.2. The first kappa shape index (κ1) is 19.8. The highest BCUT2D eigenvalue weighted by Crippen LogP contribution is 2.10. The molecule has 1 rings (SSSR count). The average Bonchev–Trinajstić information content (AvgIpc) is 2.96. The van der Waals surface area contributed by atoms with Gasteiger partial charge in [0, 0.05) is 19.4 Å². The highest BCUT2D eigenvalue weighted by Gasteiger charge is 2.04. The summed E-state index contributed by atoms with van der Waals surface area (Å²) in [4.78, 5) is 11.7. The summed E-state index contributed by atoms with van der Waals surface area (Å²) in [5.41, 5.74) is 0. The maximum atomic E-state index is 11.7. The number of amides is 1. The zero-order valence-electron chi connectivity index (χ0n) is 15.2. The Balaban J connectivity index is 1.84. The molecule has 0 spiro atoms. The lowest BCUT2D eigenvalue weighted by Crippen LogP contribution is -2.24. The van der Waals surface area contributed by atoms with Crippen molar-refractivity contribution in [2.24, 2.45) is 0 Å². The molecule has 0 unspecified atom stereocenters. The third-order valence-electron chi connectivity index (χ3n) is 4.25. The molecule has 3 nitrogen and oxygen atoms in total. The third kappa shape index (κ3) is 11.0. The van der Waals surface area contributed by atoms with Gasteiger partial charge in [-0.3, -0.25) is 4.79 Å². The predicted octanol–water partition coefficient (Wildman–Crippen LogP) is 5.56. The first-order chi connectivity index (χ1) is 11.2. The number of furan rings is 1. The molecule has 132 valence electrons. The molecular formula is C20H35NO2. The maximum absolute atomic E-state index is 11.7. The highest BCUT2D eigenvalue weighted by atomic mass is 16.3. The van der Waals surface area contributed by atoms with Crippen molar-refractivity contribution in [1.29, 1.82) is 0 Å². The molecule has 1 N–H and O–H groups in total. The molecule has 0 bridgehead atoms. The minimum atomic E-state index is 0.134. The lowest BCUT2D eigenvalue weighted by atomic mass is 10.1. The maximum Gasteiger partial charge on any atom is 0.220 e. The van der Waals surface area contributed by atoms with E-state index in [1.807, 2.05) is 19.1 Å². The van der Waals surface area contributed by atoms with Gasteiger partial charge in [-0.15, -0.1) is 0 Å². The van der Waals surface area contributed by atoms with Gasteiger partial charge in [0.05, 0.1) is 0 Å². The van der Waals surface area contributed by atoms with E-state index in [9.17, 15) is 4.79 Å². The largest absolute Gasteiger partial charge is 0.466 e. The van der Waals surface area contributed by atoms with Gasteiger partial charge in [0.2, 0.25) is 5.91 Å². The van der Waals surface area contributed by atoms with E-state index in [0.29, 0.717) is 12.8 Å². The van der Waals surface area contributed by atoms with Crippen LogP contribution in [0.15, 0.2) is 16.5 Å². The summed E-state index contributed by atoms with van der Waals surface area (Å²) in [5.74, 6) is 1.94. The van der Waals surface area contributed by atoms with Crippen molar-refractivity contribution in [3.05, 3.63) is 23.7 Å². The number of carbonyl (C=O) groups excluding carboxylic acids is 1. The molecule has 3 heteroatoms. The van der Waals surface area contributed by atoms with Gasteiger partial charge in [0.1, 0.15) is 11.5 Å². The van der Waals surface area contributed by atoms with Crippen LogP contribution in [0.25, 0.3) is 0 Å². The number of hydrogen-bond acceptors (Lipinski definition) is 2. The van der Waals surface area contributed by atoms with E-state index in [1.54, 1.807) is 0 Å². The Morgan fingerprint density at radius 1 is 0.957 bits per heavy atom. The summed E-state index contributed by atoms with van der Waals surface area (Å²) in [6.45, 7) is 5.00. The smallest absolute Gasteiger partial charge is 0.220 e. The van der Waals surface area contributed by atoms with Crippen LogP contribution in [-0.2, 0) is 11.2 Å². The fourth-order valence-corrected chi connectivity index (χ4v) is 2.78. The normalized spacial score (nSPS) is 10.9. The van der Waals surface area contributed by atoms with Crippen LogP contribution in [0.2, 0.25) is 0 Å². The van der Waals surface area contributed by atoms with E-state index >= 15 is 0 Å². The van der Waals surface area contributed by atoms with Crippen molar-refractivity contribution < 1.29 is 9.21 Å². The molecule has 0 atom stereocenters. The van der Waals surface area contributed by atoms with E-state index in [2.05, 4.69) is 12.2 Å². The molecule has 0 aromatic carbocycles. The van der Waals surface area contributed by atoms with Gasteiger partial charge in [-0.05, 0) is 25.5 Å². The van der Waals surface area contributed by atoms with Crippen LogP contribution in [-0.4, -0.2) is 12.5 Å². The Kier molecular flexibility index (Phi) is 11.4. The van der Waals surface area contributed by atoms with Gasteiger partial charge in [0.25, 0.3) is 0 Å². The number of rotatable bonds is 14. The summed E-state index contributed by atoms with van der Waals surface area (Å²) < 4.78 is 5.47. The standard InChI is InChI=1S/C20H35NO2/c1-3-4-5-6-7-8-9-10-11-12-17-21-20(22)16-15-19-14-13-18(2)23-19/h13-14H,3-12,15-17H2,1-2H3,(H,21,22). The molecule has 0 aliphatic carbocycles. The van der Waals surface area contributed by atoms with Crippen molar-refractivity contribution in [3.63, 3.8) is 0 Å². The Labute approximate surface area is 142 Å². The van der Waals surface area contributed by atoms with Crippen LogP contribution in [0.1, 0.15) is 89.1 Å². The molecular weight excluding hydrogens is 286 g/mol. The van der Waals surface area contributed by atoms with E-state index < -0.39 is 0 Å². The molecule has 0 aliphatic heterocycles. The third-order valence-corrected chi connectivity index (χ3v) is 4.25. The molecule has 0 saturated heterocycles. The second-order valence-electron chi connectivity index (χ2n) is 6.54.